The standard InChI is InChI=1S/C10H10N2O2/c1-5-3-4-7-8(11-5)9(13)6(2)10(14)12-7/h3-4,6H,1-2H3,(H,12,14). The molecule has 0 bridgehead atoms. The van der Waals surface area contributed by atoms with Gasteiger partial charge in [0, 0.05) is 5.69 Å². The summed E-state index contributed by atoms with van der Waals surface area (Å²) in [5.74, 6) is -1.09. The first-order valence-corrected chi connectivity index (χ1v) is 4.42. The Hall–Kier alpha value is -1.71. The van der Waals surface area contributed by atoms with Crippen molar-refractivity contribution < 1.29 is 9.59 Å². The minimum absolute atomic E-state index is 0.201. The molecule has 14 heavy (non-hydrogen) atoms. The lowest BCUT2D eigenvalue weighted by atomic mass is 9.97. The van der Waals surface area contributed by atoms with E-state index in [1.807, 2.05) is 6.92 Å². The number of Topliss-reactive ketones (excluding diaryl/α,β-unsaturated/α-hetero) is 1. The maximum atomic E-state index is 11.7. The molecule has 4 heteroatoms. The Morgan fingerprint density at radius 3 is 2.79 bits per heavy atom. The van der Waals surface area contributed by atoms with E-state index in [-0.39, 0.29) is 11.7 Å². The number of anilines is 1. The topological polar surface area (TPSA) is 59.1 Å². The normalized spacial score (nSPS) is 20.3. The van der Waals surface area contributed by atoms with Crippen LogP contribution in [0.5, 0.6) is 0 Å². The maximum absolute atomic E-state index is 11.7. The van der Waals surface area contributed by atoms with Crippen molar-refractivity contribution in [2.75, 3.05) is 5.32 Å². The summed E-state index contributed by atoms with van der Waals surface area (Å²) >= 11 is 0. The highest BCUT2D eigenvalue weighted by molar-refractivity contribution is 6.19. The van der Waals surface area contributed by atoms with Gasteiger partial charge in [-0.15, -0.1) is 0 Å². The number of nitrogens with one attached hydrogen (secondary N) is 1. The molecule has 1 atom stereocenters. The number of aromatic nitrogens is 1. The van der Waals surface area contributed by atoms with E-state index < -0.39 is 5.92 Å². The first kappa shape index (κ1) is 8.87. The van der Waals surface area contributed by atoms with Gasteiger partial charge in [0.05, 0.1) is 5.69 Å². The Morgan fingerprint density at radius 2 is 2.07 bits per heavy atom. The van der Waals surface area contributed by atoms with E-state index in [0.717, 1.165) is 5.69 Å². The molecule has 0 aliphatic carbocycles. The molecule has 1 aliphatic rings. The van der Waals surface area contributed by atoms with Crippen LogP contribution in [-0.2, 0) is 4.79 Å². The second-order valence-electron chi connectivity index (χ2n) is 3.42. The molecule has 1 aliphatic heterocycles. The van der Waals surface area contributed by atoms with E-state index in [2.05, 4.69) is 10.3 Å². The number of pyridine rings is 1. The number of fused-ring (bicyclic) bond motifs is 1. The maximum Gasteiger partial charge on any atom is 0.235 e. The first-order valence-electron chi connectivity index (χ1n) is 4.42. The van der Waals surface area contributed by atoms with Crippen molar-refractivity contribution in [2.45, 2.75) is 13.8 Å². The van der Waals surface area contributed by atoms with Gasteiger partial charge in [-0.2, -0.15) is 0 Å². The molecule has 2 rings (SSSR count). The molecule has 0 radical (unpaired) electrons. The zero-order valence-electron chi connectivity index (χ0n) is 8.00. The average molecular weight is 190 g/mol. The van der Waals surface area contributed by atoms with Crippen molar-refractivity contribution in [3.8, 4) is 0 Å². The Balaban J connectivity index is 2.57. The molecule has 1 N–H and O–H groups in total. The van der Waals surface area contributed by atoms with Crippen molar-refractivity contribution >= 4 is 17.4 Å². The minimum atomic E-state index is -0.628. The van der Waals surface area contributed by atoms with Gasteiger partial charge in [-0.25, -0.2) is 4.98 Å². The molecular formula is C10H10N2O2. The highest BCUT2D eigenvalue weighted by Gasteiger charge is 2.31. The van der Waals surface area contributed by atoms with Crippen LogP contribution in [0.1, 0.15) is 23.1 Å². The summed E-state index contributed by atoms with van der Waals surface area (Å²) in [6.07, 6.45) is 0. The number of carbonyl (C=O) groups excluding carboxylic acids is 2. The number of ketones is 1. The Morgan fingerprint density at radius 1 is 1.36 bits per heavy atom. The van der Waals surface area contributed by atoms with E-state index in [9.17, 15) is 9.59 Å². The van der Waals surface area contributed by atoms with E-state index in [0.29, 0.717) is 11.4 Å². The third-order valence-corrected chi connectivity index (χ3v) is 2.31. The number of aryl methyl sites for hydroxylation is 1. The molecule has 1 unspecified atom stereocenters. The summed E-state index contributed by atoms with van der Waals surface area (Å²) in [4.78, 5) is 27.1. The third kappa shape index (κ3) is 1.19. The average Bonchev–Trinajstić information content (AvgIpc) is 2.16. The van der Waals surface area contributed by atoms with Gasteiger partial charge in [0.15, 0.2) is 5.78 Å². The first-order chi connectivity index (χ1) is 6.59. The monoisotopic (exact) mass is 190 g/mol. The predicted molar refractivity (Wildman–Crippen MR) is 51.1 cm³/mol. The summed E-state index contributed by atoms with van der Waals surface area (Å²) in [5.41, 5.74) is 1.67. The van der Waals surface area contributed by atoms with Crippen LogP contribution in [0.4, 0.5) is 5.69 Å². The summed E-state index contributed by atoms with van der Waals surface area (Å²) in [7, 11) is 0. The number of rotatable bonds is 0. The van der Waals surface area contributed by atoms with Crippen LogP contribution in [0, 0.1) is 12.8 Å². The predicted octanol–water partition coefficient (Wildman–Crippen LogP) is 1.16. The van der Waals surface area contributed by atoms with Gasteiger partial charge in [0.25, 0.3) is 0 Å². The quantitative estimate of drug-likeness (QED) is 0.624. The lowest BCUT2D eigenvalue weighted by molar-refractivity contribution is -0.118. The van der Waals surface area contributed by atoms with Crippen LogP contribution < -0.4 is 5.32 Å². The van der Waals surface area contributed by atoms with Crippen molar-refractivity contribution in [3.05, 3.63) is 23.5 Å². The summed E-state index contributed by atoms with van der Waals surface area (Å²) in [5, 5.41) is 2.64. The number of nitrogens with zero attached hydrogens (tertiary/aromatic N) is 1. The molecule has 0 spiro atoms. The minimum Gasteiger partial charge on any atom is -0.323 e. The SMILES string of the molecule is Cc1ccc2c(n1)C(=O)C(C)C(=O)N2. The number of hydrogen-bond acceptors (Lipinski definition) is 3. The van der Waals surface area contributed by atoms with Gasteiger partial charge in [-0.05, 0) is 26.0 Å². The van der Waals surface area contributed by atoms with Crippen LogP contribution in [0.3, 0.4) is 0 Å². The zero-order chi connectivity index (χ0) is 10.3. The van der Waals surface area contributed by atoms with Crippen LogP contribution in [0.2, 0.25) is 0 Å². The highest BCUT2D eigenvalue weighted by atomic mass is 16.2. The second-order valence-corrected chi connectivity index (χ2v) is 3.42. The molecule has 0 saturated heterocycles. The van der Waals surface area contributed by atoms with Crippen LogP contribution in [-0.4, -0.2) is 16.7 Å². The molecule has 4 nitrogen and oxygen atoms in total. The van der Waals surface area contributed by atoms with Gasteiger partial charge in [-0.1, -0.05) is 0 Å². The van der Waals surface area contributed by atoms with Crippen molar-refractivity contribution in [2.24, 2.45) is 5.92 Å². The van der Waals surface area contributed by atoms with Crippen molar-refractivity contribution in [1.82, 2.24) is 4.98 Å². The number of hydrogen-bond donors (Lipinski definition) is 1. The lowest BCUT2D eigenvalue weighted by Crippen LogP contribution is -2.34. The van der Waals surface area contributed by atoms with Gasteiger partial charge in [0.2, 0.25) is 5.91 Å². The Labute approximate surface area is 81.3 Å². The van der Waals surface area contributed by atoms with Crippen molar-refractivity contribution in [3.63, 3.8) is 0 Å². The molecule has 2 heterocycles. The largest absolute Gasteiger partial charge is 0.323 e. The van der Waals surface area contributed by atoms with E-state index in [1.165, 1.54) is 0 Å². The molecular weight excluding hydrogens is 180 g/mol. The fourth-order valence-electron chi connectivity index (χ4n) is 1.41. The number of amides is 1. The zero-order valence-corrected chi connectivity index (χ0v) is 8.00. The van der Waals surface area contributed by atoms with Gasteiger partial charge in [0.1, 0.15) is 11.6 Å². The summed E-state index contributed by atoms with van der Waals surface area (Å²) in [6.45, 7) is 3.40. The van der Waals surface area contributed by atoms with E-state index in [1.54, 1.807) is 19.1 Å². The summed E-state index contributed by atoms with van der Waals surface area (Å²) in [6, 6.07) is 3.47. The lowest BCUT2D eigenvalue weighted by Gasteiger charge is -2.19. The van der Waals surface area contributed by atoms with Gasteiger partial charge >= 0.3 is 0 Å². The van der Waals surface area contributed by atoms with Crippen molar-refractivity contribution in [1.29, 1.82) is 0 Å². The van der Waals surface area contributed by atoms with Crippen LogP contribution >= 0.6 is 0 Å². The number of carbonyl (C=O) groups is 2. The Kier molecular flexibility index (Phi) is 1.84. The third-order valence-electron chi connectivity index (χ3n) is 2.31. The molecule has 0 saturated carbocycles. The van der Waals surface area contributed by atoms with Crippen LogP contribution in [0.15, 0.2) is 12.1 Å². The molecule has 72 valence electrons. The van der Waals surface area contributed by atoms with Gasteiger partial charge in [-0.3, -0.25) is 9.59 Å². The molecule has 1 aromatic rings. The fourth-order valence-corrected chi connectivity index (χ4v) is 1.41. The second kappa shape index (κ2) is 2.90. The molecule has 0 aromatic carbocycles. The van der Waals surface area contributed by atoms with E-state index in [4.69, 9.17) is 0 Å². The fraction of sp³-hybridized carbons (Fsp3) is 0.300. The van der Waals surface area contributed by atoms with Gasteiger partial charge < -0.3 is 5.32 Å². The summed E-state index contributed by atoms with van der Waals surface area (Å²) < 4.78 is 0. The molecule has 1 amide bonds. The van der Waals surface area contributed by atoms with Crippen LogP contribution in [0.25, 0.3) is 0 Å². The van der Waals surface area contributed by atoms with E-state index >= 15 is 0 Å². The Bertz CT molecular complexity index is 426. The smallest absolute Gasteiger partial charge is 0.235 e. The molecule has 1 aromatic heterocycles. The molecule has 0 fully saturated rings. The highest BCUT2D eigenvalue weighted by Crippen LogP contribution is 2.23.